The molecule has 0 saturated carbocycles. The van der Waals surface area contributed by atoms with E-state index in [0.29, 0.717) is 16.7 Å². The van der Waals surface area contributed by atoms with E-state index in [-0.39, 0.29) is 61.2 Å². The van der Waals surface area contributed by atoms with Crippen molar-refractivity contribution in [2.75, 3.05) is 24.7 Å². The van der Waals surface area contributed by atoms with Gasteiger partial charge in [-0.05, 0) is 26.0 Å². The van der Waals surface area contributed by atoms with Crippen molar-refractivity contribution < 1.29 is 90.5 Å². The number of phosphoric ester groups is 1. The summed E-state index contributed by atoms with van der Waals surface area (Å²) >= 11 is 0. The van der Waals surface area contributed by atoms with Crippen molar-refractivity contribution in [3.05, 3.63) is 124 Å². The molecule has 2 saturated heterocycles. The number of rotatable bonds is 20. The van der Waals surface area contributed by atoms with Crippen molar-refractivity contribution in [2.45, 2.75) is 89.0 Å². The zero-order valence-electron chi connectivity index (χ0n) is 36.5. The molecule has 0 amide bonds. The number of nitrogens with two attached hydrogens (primary N) is 2. The van der Waals surface area contributed by atoms with Gasteiger partial charge in [-0.15, -0.1) is 0 Å². The molecule has 2 aromatic carbocycles. The number of benzene rings is 2. The van der Waals surface area contributed by atoms with Crippen LogP contribution in [-0.4, -0.2) is 101 Å². The molecule has 0 bridgehead atoms. The van der Waals surface area contributed by atoms with Crippen LogP contribution < -0.4 is 22.8 Å². The Bertz CT molecular complexity index is 2800. The van der Waals surface area contributed by atoms with Crippen LogP contribution in [0.3, 0.4) is 0 Å². The van der Waals surface area contributed by atoms with Gasteiger partial charge >= 0.3 is 34.8 Å². The molecule has 2 aliphatic heterocycles. The minimum atomic E-state index is -5.75. The minimum absolute atomic E-state index is 0.0294. The van der Waals surface area contributed by atoms with Gasteiger partial charge in [0.2, 0.25) is 0 Å². The molecular weight excluding hydrogens is 1010 g/mol. The summed E-state index contributed by atoms with van der Waals surface area (Å²) in [6.07, 6.45) is -5.38. The molecule has 10 atom stereocenters. The molecule has 34 heteroatoms. The number of nitro groups is 2. The first kappa shape index (κ1) is 55.7. The fourth-order valence-corrected chi connectivity index (χ4v) is 9.87. The van der Waals surface area contributed by atoms with Crippen LogP contribution in [0.4, 0.5) is 23.0 Å². The molecule has 2 aromatic heterocycles. The van der Waals surface area contributed by atoms with E-state index in [0.717, 1.165) is 4.57 Å². The summed E-state index contributed by atoms with van der Waals surface area (Å²) in [5.74, 6) is -0.234. The van der Waals surface area contributed by atoms with Gasteiger partial charge in [-0.3, -0.25) is 33.9 Å². The minimum Gasteiger partial charge on any atom is -0.394 e. The summed E-state index contributed by atoms with van der Waals surface area (Å²) in [7, 11) is -16.8. The average molecular weight is 1050 g/mol. The standard InChI is InChI=1S/C18H25N4O16P3.C18H22N4O7/c1-10(12-4-2-3-5-13(12)22(25)26)34-8-11-7-21(18(24)20-17(11)19)16-6-14(23)15(36-16)9-35-40(30,31)38-41(32,33)37-39(27,28)29;1-10(12-4-2-3-5-13(12)22(26)27)28-9-11-7-21(18(25)20-17(11)19)16-6-14(24)15(8-23)29-16/h2-5,7,10,14-16,23H,6,8-9H2,1H3,(H,30,31)(H,32,33)(H2,19,20,24)(H2,27,28,29);2-5,7,10,14-16,23-24H,6,8-9H2,1H3,(H2,19,20,25)/t2*10?,14-,15-,16-/m11/s1. The van der Waals surface area contributed by atoms with Gasteiger partial charge in [0.1, 0.15) is 36.3 Å². The molecule has 0 spiro atoms. The second-order valence-corrected chi connectivity index (χ2v) is 19.6. The lowest BCUT2D eigenvalue weighted by Crippen LogP contribution is -2.29. The molecule has 2 aliphatic rings. The van der Waals surface area contributed by atoms with Crippen molar-refractivity contribution in [3.63, 3.8) is 0 Å². The summed E-state index contributed by atoms with van der Waals surface area (Å²) < 4.78 is 70.3. The number of phosphoric acid groups is 3. The average Bonchev–Trinajstić information content (AvgIpc) is 3.84. The second kappa shape index (κ2) is 23.3. The highest BCUT2D eigenvalue weighted by molar-refractivity contribution is 7.66. The molecular formula is C36H47N8O23P3. The van der Waals surface area contributed by atoms with Crippen LogP contribution in [0.25, 0.3) is 0 Å². The quantitative estimate of drug-likeness (QED) is 0.0345. The van der Waals surface area contributed by atoms with Gasteiger partial charge < -0.3 is 65.3 Å². The van der Waals surface area contributed by atoms with Crippen molar-refractivity contribution >= 4 is 46.5 Å². The number of aliphatic hydroxyl groups is 3. The van der Waals surface area contributed by atoms with E-state index in [1.54, 1.807) is 38.1 Å². The van der Waals surface area contributed by atoms with E-state index in [4.69, 9.17) is 40.2 Å². The SMILES string of the molecule is CC(OCc1cn([C@H]2C[C@@H](O)[C@@H](CO)O2)c(=O)nc1N)c1ccccc1[N+](=O)[O-].CC(OCc1cn([C@H]2C[C@@H](O)[C@@H](COP(=O)(O)OP(=O)(O)OP(=O)(O)O)O2)c(=O)nc1N)c1ccccc1[N+](=O)[O-]. The van der Waals surface area contributed by atoms with Crippen molar-refractivity contribution in [2.24, 2.45) is 0 Å². The number of hydrogen-bond donors (Lipinski definition) is 9. The van der Waals surface area contributed by atoms with Crippen LogP contribution in [0, 0.1) is 20.2 Å². The Kier molecular flexibility index (Phi) is 18.5. The first-order valence-corrected chi connectivity index (χ1v) is 24.7. The number of nitro benzene ring substituents is 2. The van der Waals surface area contributed by atoms with Crippen molar-refractivity contribution in [1.29, 1.82) is 0 Å². The summed E-state index contributed by atoms with van der Waals surface area (Å²) in [6.45, 7) is 1.63. The van der Waals surface area contributed by atoms with Gasteiger partial charge in [0.25, 0.3) is 11.4 Å². The van der Waals surface area contributed by atoms with Crippen LogP contribution >= 0.6 is 23.5 Å². The Hall–Kier alpha value is -5.27. The van der Waals surface area contributed by atoms with Gasteiger partial charge in [0.15, 0.2) is 0 Å². The Morgan fingerprint density at radius 1 is 0.729 bits per heavy atom. The number of nitrogen functional groups attached to an aromatic ring is 2. The number of nitrogens with zero attached hydrogens (tertiary/aromatic N) is 6. The lowest BCUT2D eigenvalue weighted by Gasteiger charge is -2.20. The van der Waals surface area contributed by atoms with Gasteiger partial charge in [0, 0.05) is 48.5 Å². The molecule has 4 heterocycles. The highest BCUT2D eigenvalue weighted by Crippen LogP contribution is 2.66. The topological polar surface area (TPSA) is 466 Å². The van der Waals surface area contributed by atoms with Crippen LogP contribution in [0.5, 0.6) is 0 Å². The predicted molar refractivity (Wildman–Crippen MR) is 234 cm³/mol. The molecule has 31 nitrogen and oxygen atoms in total. The summed E-state index contributed by atoms with van der Waals surface area (Å²) in [6, 6.07) is 12.2. The fourth-order valence-electron chi connectivity index (χ4n) is 6.84. The lowest BCUT2D eigenvalue weighted by atomic mass is 10.1. The monoisotopic (exact) mass is 1050 g/mol. The Morgan fingerprint density at radius 2 is 1.14 bits per heavy atom. The molecule has 4 unspecified atom stereocenters. The van der Waals surface area contributed by atoms with E-state index in [1.165, 1.54) is 41.2 Å². The molecule has 384 valence electrons. The summed E-state index contributed by atoms with van der Waals surface area (Å²) in [5.41, 5.74) is 11.2. The van der Waals surface area contributed by atoms with Gasteiger partial charge in [-0.25, -0.2) is 23.3 Å². The summed E-state index contributed by atoms with van der Waals surface area (Å²) in [5, 5.41) is 51.9. The molecule has 4 aromatic rings. The number of ether oxygens (including phenoxy) is 4. The third kappa shape index (κ3) is 14.9. The Balaban J connectivity index is 0.000000276. The number of anilines is 2. The molecule has 11 N–H and O–H groups in total. The van der Waals surface area contributed by atoms with E-state index in [1.807, 2.05) is 0 Å². The lowest BCUT2D eigenvalue weighted by molar-refractivity contribution is -0.386. The molecule has 70 heavy (non-hydrogen) atoms. The highest BCUT2D eigenvalue weighted by Gasteiger charge is 2.43. The summed E-state index contributed by atoms with van der Waals surface area (Å²) in [4.78, 5) is 89.5. The van der Waals surface area contributed by atoms with E-state index >= 15 is 0 Å². The van der Waals surface area contributed by atoms with Gasteiger partial charge in [-0.1, -0.05) is 24.3 Å². The normalized spacial score (nSPS) is 22.8. The van der Waals surface area contributed by atoms with E-state index < -0.39 is 100 Å². The van der Waals surface area contributed by atoms with Crippen molar-refractivity contribution in [1.82, 2.24) is 19.1 Å². The largest absolute Gasteiger partial charge is 0.490 e. The van der Waals surface area contributed by atoms with Crippen molar-refractivity contribution in [3.8, 4) is 0 Å². The maximum atomic E-state index is 12.5. The fraction of sp³-hybridized carbons (Fsp3) is 0.444. The molecule has 2 fully saturated rings. The first-order valence-electron chi connectivity index (χ1n) is 20.2. The smallest absolute Gasteiger partial charge is 0.394 e. The zero-order valence-corrected chi connectivity index (χ0v) is 39.2. The van der Waals surface area contributed by atoms with Gasteiger partial charge in [-0.2, -0.15) is 18.6 Å². The van der Waals surface area contributed by atoms with Crippen LogP contribution in [0.15, 0.2) is 70.5 Å². The van der Waals surface area contributed by atoms with Crippen LogP contribution in [-0.2, 0) is 59.0 Å². The number of aromatic nitrogens is 4. The van der Waals surface area contributed by atoms with E-state index in [9.17, 15) is 68.6 Å². The van der Waals surface area contributed by atoms with Crippen LogP contribution in [0.1, 0.15) is 73.6 Å². The first-order chi connectivity index (χ1) is 32.7. The maximum Gasteiger partial charge on any atom is 0.490 e. The number of para-hydroxylation sites is 2. The Labute approximate surface area is 393 Å². The second-order valence-electron chi connectivity index (χ2n) is 15.2. The number of hydrogen-bond acceptors (Lipinski definition) is 23. The third-order valence-corrected chi connectivity index (χ3v) is 14.1. The maximum absolute atomic E-state index is 12.5. The van der Waals surface area contributed by atoms with Gasteiger partial charge in [0.05, 0.1) is 71.8 Å². The molecule has 0 aliphatic carbocycles. The predicted octanol–water partition coefficient (Wildman–Crippen LogP) is 1.66. The Morgan fingerprint density at radius 3 is 1.54 bits per heavy atom. The van der Waals surface area contributed by atoms with E-state index in [2.05, 4.69) is 23.1 Å². The number of aliphatic hydroxyl groups excluding tert-OH is 3. The zero-order chi connectivity index (χ0) is 51.9. The molecule has 6 rings (SSSR count). The third-order valence-electron chi connectivity index (χ3n) is 10.3. The van der Waals surface area contributed by atoms with Crippen LogP contribution in [0.2, 0.25) is 0 Å². The molecule has 0 radical (unpaired) electrons. The highest BCUT2D eigenvalue weighted by atomic mass is 31.3.